The van der Waals surface area contributed by atoms with Crippen LogP contribution in [0.3, 0.4) is 0 Å². The summed E-state index contributed by atoms with van der Waals surface area (Å²) in [6, 6.07) is 0. The summed E-state index contributed by atoms with van der Waals surface area (Å²) in [6.07, 6.45) is 6.24. The van der Waals surface area contributed by atoms with Gasteiger partial charge in [-0.15, -0.1) is 0 Å². The van der Waals surface area contributed by atoms with E-state index in [4.69, 9.17) is 0 Å². The van der Waals surface area contributed by atoms with Gasteiger partial charge in [-0.25, -0.2) is 4.39 Å². The minimum absolute atomic E-state index is 0.0433. The molecule has 0 N–H and O–H groups in total. The van der Waals surface area contributed by atoms with Gasteiger partial charge in [0.25, 0.3) is 0 Å². The van der Waals surface area contributed by atoms with Crippen molar-refractivity contribution in [3.8, 4) is 0 Å². The molecule has 1 atom stereocenters. The number of nitrogens with zero attached hydrogens (tertiary/aromatic N) is 1. The van der Waals surface area contributed by atoms with E-state index >= 15 is 0 Å². The van der Waals surface area contributed by atoms with Gasteiger partial charge in [0, 0.05) is 26.1 Å². The third kappa shape index (κ3) is 2.94. The molecule has 2 aliphatic rings. The van der Waals surface area contributed by atoms with Crippen LogP contribution >= 0.6 is 0 Å². The molecule has 0 spiro atoms. The van der Waals surface area contributed by atoms with Crippen molar-refractivity contribution in [1.29, 1.82) is 0 Å². The van der Waals surface area contributed by atoms with Crippen LogP contribution < -0.4 is 0 Å². The average molecular weight is 223 g/mol. The molecule has 2 rings (SSSR count). The van der Waals surface area contributed by atoms with Crippen molar-refractivity contribution in [2.24, 2.45) is 17.3 Å². The molecule has 0 saturated carbocycles. The predicted octanol–water partition coefficient (Wildman–Crippen LogP) is 3.39. The number of allylic oxidation sites excluding steroid dienone is 4. The van der Waals surface area contributed by atoms with Crippen LogP contribution in [0, 0.1) is 17.3 Å². The van der Waals surface area contributed by atoms with Gasteiger partial charge in [0.05, 0.1) is 0 Å². The number of hydrogen-bond donors (Lipinski definition) is 0. The summed E-state index contributed by atoms with van der Waals surface area (Å²) in [6.45, 7) is 10.2. The van der Waals surface area contributed by atoms with E-state index in [9.17, 15) is 4.39 Å². The Bertz CT molecular complexity index is 305. The SMILES string of the molecule is CC(C)(C)CN1CC(C2C=CC=C(F)C2)C1. The van der Waals surface area contributed by atoms with Crippen LogP contribution in [-0.2, 0) is 0 Å². The van der Waals surface area contributed by atoms with Crippen LogP contribution in [-0.4, -0.2) is 24.5 Å². The zero-order chi connectivity index (χ0) is 11.8. The lowest BCUT2D eigenvalue weighted by atomic mass is 9.80. The van der Waals surface area contributed by atoms with E-state index in [0.29, 0.717) is 23.7 Å². The Hall–Kier alpha value is -0.630. The molecular weight excluding hydrogens is 201 g/mol. The van der Waals surface area contributed by atoms with Crippen molar-refractivity contribution in [3.63, 3.8) is 0 Å². The van der Waals surface area contributed by atoms with Crippen molar-refractivity contribution >= 4 is 0 Å². The smallest absolute Gasteiger partial charge is 0.100 e. The molecule has 0 aromatic heterocycles. The van der Waals surface area contributed by atoms with Crippen LogP contribution in [0.1, 0.15) is 27.2 Å². The van der Waals surface area contributed by atoms with Gasteiger partial charge in [0.2, 0.25) is 0 Å². The first-order valence-electron chi connectivity index (χ1n) is 6.19. The Morgan fingerprint density at radius 1 is 1.38 bits per heavy atom. The maximum atomic E-state index is 13.1. The highest BCUT2D eigenvalue weighted by atomic mass is 19.1. The topological polar surface area (TPSA) is 3.24 Å². The molecule has 1 heterocycles. The fourth-order valence-corrected chi connectivity index (χ4v) is 2.67. The Labute approximate surface area is 98.0 Å². The van der Waals surface area contributed by atoms with Crippen LogP contribution in [0.15, 0.2) is 24.1 Å². The van der Waals surface area contributed by atoms with Crippen molar-refractivity contribution < 1.29 is 4.39 Å². The summed E-state index contributed by atoms with van der Waals surface area (Å²) in [5.41, 5.74) is 0.374. The molecule has 0 amide bonds. The fraction of sp³-hybridized carbons (Fsp3) is 0.714. The van der Waals surface area contributed by atoms with Gasteiger partial charge in [-0.1, -0.05) is 32.9 Å². The van der Waals surface area contributed by atoms with Crippen molar-refractivity contribution in [3.05, 3.63) is 24.1 Å². The minimum atomic E-state index is 0.0433. The molecule has 1 aliphatic heterocycles. The van der Waals surface area contributed by atoms with Gasteiger partial charge in [-0.3, -0.25) is 0 Å². The van der Waals surface area contributed by atoms with Gasteiger partial charge in [0.1, 0.15) is 5.83 Å². The molecule has 1 aliphatic carbocycles. The first-order valence-corrected chi connectivity index (χ1v) is 6.19. The molecule has 90 valence electrons. The normalized spacial score (nSPS) is 27.8. The molecule has 2 heteroatoms. The third-order valence-electron chi connectivity index (χ3n) is 3.35. The maximum absolute atomic E-state index is 13.1. The van der Waals surface area contributed by atoms with Gasteiger partial charge in [-0.2, -0.15) is 0 Å². The van der Waals surface area contributed by atoms with E-state index in [0.717, 1.165) is 19.6 Å². The summed E-state index contributed by atoms with van der Waals surface area (Å²) < 4.78 is 13.1. The highest BCUT2D eigenvalue weighted by molar-refractivity contribution is 5.17. The van der Waals surface area contributed by atoms with Crippen molar-refractivity contribution in [2.75, 3.05) is 19.6 Å². The maximum Gasteiger partial charge on any atom is 0.100 e. The second kappa shape index (κ2) is 4.33. The molecule has 1 fully saturated rings. The Balaban J connectivity index is 1.77. The second-order valence-corrected chi connectivity index (χ2v) is 6.38. The van der Waals surface area contributed by atoms with Gasteiger partial charge >= 0.3 is 0 Å². The molecular formula is C14H22FN. The number of hydrogen-bond acceptors (Lipinski definition) is 1. The van der Waals surface area contributed by atoms with Crippen LogP contribution in [0.25, 0.3) is 0 Å². The zero-order valence-electron chi connectivity index (χ0n) is 10.5. The van der Waals surface area contributed by atoms with E-state index in [1.807, 2.05) is 6.08 Å². The highest BCUT2D eigenvalue weighted by Crippen LogP contribution is 2.33. The molecule has 0 aromatic carbocycles. The largest absolute Gasteiger partial charge is 0.302 e. The van der Waals surface area contributed by atoms with E-state index < -0.39 is 0 Å². The highest BCUT2D eigenvalue weighted by Gasteiger charge is 2.34. The summed E-state index contributed by atoms with van der Waals surface area (Å²) in [4.78, 5) is 2.48. The summed E-state index contributed by atoms with van der Waals surface area (Å²) in [5, 5.41) is 0. The number of rotatable bonds is 2. The Kier molecular flexibility index (Phi) is 3.20. The Morgan fingerprint density at radius 2 is 2.06 bits per heavy atom. The Morgan fingerprint density at radius 3 is 2.62 bits per heavy atom. The monoisotopic (exact) mass is 223 g/mol. The van der Waals surface area contributed by atoms with Gasteiger partial charge in [-0.05, 0) is 23.3 Å². The predicted molar refractivity (Wildman–Crippen MR) is 65.8 cm³/mol. The second-order valence-electron chi connectivity index (χ2n) is 6.38. The molecule has 16 heavy (non-hydrogen) atoms. The van der Waals surface area contributed by atoms with E-state index in [1.165, 1.54) is 0 Å². The average Bonchev–Trinajstić information content (AvgIpc) is 2.09. The molecule has 0 bridgehead atoms. The number of halogens is 1. The quantitative estimate of drug-likeness (QED) is 0.693. The molecule has 0 aromatic rings. The van der Waals surface area contributed by atoms with E-state index in [2.05, 4.69) is 31.7 Å². The van der Waals surface area contributed by atoms with Crippen LogP contribution in [0.4, 0.5) is 4.39 Å². The van der Waals surface area contributed by atoms with Crippen LogP contribution in [0.5, 0.6) is 0 Å². The van der Waals surface area contributed by atoms with E-state index in [-0.39, 0.29) is 5.83 Å². The zero-order valence-corrected chi connectivity index (χ0v) is 10.5. The molecule has 0 radical (unpaired) electrons. The van der Waals surface area contributed by atoms with Crippen molar-refractivity contribution in [1.82, 2.24) is 4.90 Å². The lowest BCUT2D eigenvalue weighted by Gasteiger charge is -2.45. The summed E-state index contributed by atoms with van der Waals surface area (Å²) in [5.74, 6) is 1.14. The summed E-state index contributed by atoms with van der Waals surface area (Å²) >= 11 is 0. The molecule has 1 unspecified atom stereocenters. The third-order valence-corrected chi connectivity index (χ3v) is 3.35. The fourth-order valence-electron chi connectivity index (χ4n) is 2.67. The first kappa shape index (κ1) is 11.8. The first-order chi connectivity index (χ1) is 7.44. The van der Waals surface area contributed by atoms with Crippen molar-refractivity contribution in [2.45, 2.75) is 27.2 Å². The van der Waals surface area contributed by atoms with Crippen LogP contribution in [0.2, 0.25) is 0 Å². The number of likely N-dealkylation sites (tertiary alicyclic amines) is 1. The standard InChI is InChI=1S/C14H22FN/c1-14(2,3)10-16-8-12(9-16)11-5-4-6-13(15)7-11/h4-6,11-12H,7-10H2,1-3H3. The lowest BCUT2D eigenvalue weighted by molar-refractivity contribution is 0.0403. The minimum Gasteiger partial charge on any atom is -0.302 e. The lowest BCUT2D eigenvalue weighted by Crippen LogP contribution is -2.52. The van der Waals surface area contributed by atoms with E-state index in [1.54, 1.807) is 6.08 Å². The van der Waals surface area contributed by atoms with Gasteiger partial charge < -0.3 is 4.90 Å². The molecule has 1 nitrogen and oxygen atoms in total. The van der Waals surface area contributed by atoms with Gasteiger partial charge in [0.15, 0.2) is 0 Å². The molecule has 1 saturated heterocycles. The summed E-state index contributed by atoms with van der Waals surface area (Å²) in [7, 11) is 0.